The van der Waals surface area contributed by atoms with E-state index in [1.165, 1.54) is 13.3 Å². The van der Waals surface area contributed by atoms with E-state index in [2.05, 4.69) is 15.3 Å². The van der Waals surface area contributed by atoms with Crippen LogP contribution in [0.15, 0.2) is 6.33 Å². The SMILES string of the molecule is Cc1[nH]cnc1C[C@H](NC(=O)[C@H](C)N)C(=O)O. The predicted molar refractivity (Wildman–Crippen MR) is 60.2 cm³/mol. The maximum atomic E-state index is 11.3. The summed E-state index contributed by atoms with van der Waals surface area (Å²) in [4.78, 5) is 29.2. The Bertz CT molecular complexity index is 413. The molecule has 1 amide bonds. The Morgan fingerprint density at radius 2 is 2.29 bits per heavy atom. The summed E-state index contributed by atoms with van der Waals surface area (Å²) in [6.45, 7) is 3.28. The number of H-pyrrole nitrogens is 1. The van der Waals surface area contributed by atoms with Gasteiger partial charge in [0.1, 0.15) is 6.04 Å². The Morgan fingerprint density at radius 3 is 2.71 bits per heavy atom. The van der Waals surface area contributed by atoms with Crippen LogP contribution in [0.5, 0.6) is 0 Å². The van der Waals surface area contributed by atoms with Gasteiger partial charge in [0.05, 0.1) is 18.1 Å². The number of carboxylic acids is 1. The quantitative estimate of drug-likeness (QED) is 0.535. The second kappa shape index (κ2) is 5.44. The van der Waals surface area contributed by atoms with Gasteiger partial charge >= 0.3 is 5.97 Å². The monoisotopic (exact) mass is 240 g/mol. The largest absolute Gasteiger partial charge is 0.480 e. The molecule has 0 aliphatic heterocycles. The first-order chi connectivity index (χ1) is 7.91. The molecule has 1 aromatic heterocycles. The van der Waals surface area contributed by atoms with Crippen LogP contribution >= 0.6 is 0 Å². The summed E-state index contributed by atoms with van der Waals surface area (Å²) in [6, 6.07) is -1.76. The van der Waals surface area contributed by atoms with Crippen molar-refractivity contribution in [3.05, 3.63) is 17.7 Å². The molecule has 1 aromatic rings. The number of amides is 1. The molecule has 0 bridgehead atoms. The molecular formula is C10H16N4O3. The molecule has 7 heteroatoms. The summed E-state index contributed by atoms with van der Waals surface area (Å²) < 4.78 is 0. The first-order valence-corrected chi connectivity index (χ1v) is 5.19. The molecular weight excluding hydrogens is 224 g/mol. The molecule has 0 fully saturated rings. The molecule has 0 saturated heterocycles. The minimum atomic E-state index is -1.11. The van der Waals surface area contributed by atoms with E-state index in [0.717, 1.165) is 5.69 Å². The van der Waals surface area contributed by atoms with Gasteiger partial charge in [-0.2, -0.15) is 0 Å². The molecule has 0 saturated carbocycles. The van der Waals surface area contributed by atoms with Crippen LogP contribution in [-0.2, 0) is 16.0 Å². The van der Waals surface area contributed by atoms with Gasteiger partial charge in [-0.3, -0.25) is 4.79 Å². The Hall–Kier alpha value is -1.89. The molecule has 7 nitrogen and oxygen atoms in total. The smallest absolute Gasteiger partial charge is 0.326 e. The number of hydrogen-bond donors (Lipinski definition) is 4. The Labute approximate surface area is 98.4 Å². The summed E-state index contributed by atoms with van der Waals surface area (Å²) in [5.41, 5.74) is 6.76. The van der Waals surface area contributed by atoms with Gasteiger partial charge in [0.25, 0.3) is 0 Å². The second-order valence-electron chi connectivity index (χ2n) is 3.87. The van der Waals surface area contributed by atoms with E-state index in [0.29, 0.717) is 5.69 Å². The lowest BCUT2D eigenvalue weighted by molar-refractivity contribution is -0.141. The third kappa shape index (κ3) is 3.56. The highest BCUT2D eigenvalue weighted by molar-refractivity contribution is 5.86. The minimum absolute atomic E-state index is 0.128. The third-order valence-electron chi connectivity index (χ3n) is 2.36. The van der Waals surface area contributed by atoms with E-state index >= 15 is 0 Å². The standard InChI is InChI=1S/C10H16N4O3/c1-5(11)9(15)14-8(10(16)17)3-7-6(2)12-4-13-7/h4-5,8H,3,11H2,1-2H3,(H,12,13)(H,14,15)(H,16,17)/t5-,8-/m0/s1. The fourth-order valence-electron chi connectivity index (χ4n) is 1.29. The Kier molecular flexibility index (Phi) is 4.22. The average Bonchev–Trinajstić information content (AvgIpc) is 2.62. The van der Waals surface area contributed by atoms with Gasteiger partial charge < -0.3 is 21.1 Å². The first-order valence-electron chi connectivity index (χ1n) is 5.19. The van der Waals surface area contributed by atoms with Crippen molar-refractivity contribution in [2.24, 2.45) is 5.73 Å². The number of hydrogen-bond acceptors (Lipinski definition) is 4. The van der Waals surface area contributed by atoms with Gasteiger partial charge in [0.15, 0.2) is 0 Å². The zero-order valence-electron chi connectivity index (χ0n) is 9.73. The van der Waals surface area contributed by atoms with Crippen LogP contribution in [0.25, 0.3) is 0 Å². The van der Waals surface area contributed by atoms with Gasteiger partial charge in [-0.1, -0.05) is 0 Å². The number of nitrogens with two attached hydrogens (primary N) is 1. The van der Waals surface area contributed by atoms with Crippen LogP contribution in [0.4, 0.5) is 0 Å². The molecule has 0 radical (unpaired) electrons. The van der Waals surface area contributed by atoms with E-state index in [-0.39, 0.29) is 6.42 Å². The zero-order valence-corrected chi connectivity index (χ0v) is 9.73. The highest BCUT2D eigenvalue weighted by Gasteiger charge is 2.23. The summed E-state index contributed by atoms with van der Waals surface area (Å²) in [5, 5.41) is 11.4. The molecule has 1 heterocycles. The van der Waals surface area contributed by atoms with Crippen molar-refractivity contribution in [2.45, 2.75) is 32.4 Å². The van der Waals surface area contributed by atoms with Crippen molar-refractivity contribution < 1.29 is 14.7 Å². The van der Waals surface area contributed by atoms with E-state index in [1.54, 1.807) is 6.92 Å². The van der Waals surface area contributed by atoms with Gasteiger partial charge in [0, 0.05) is 12.1 Å². The molecule has 2 atom stereocenters. The second-order valence-corrected chi connectivity index (χ2v) is 3.87. The number of aryl methyl sites for hydroxylation is 1. The van der Waals surface area contributed by atoms with Crippen molar-refractivity contribution in [1.29, 1.82) is 0 Å². The van der Waals surface area contributed by atoms with Crippen LogP contribution in [0.2, 0.25) is 0 Å². The number of carbonyl (C=O) groups is 2. The third-order valence-corrected chi connectivity index (χ3v) is 2.36. The van der Waals surface area contributed by atoms with Gasteiger partial charge in [-0.25, -0.2) is 9.78 Å². The van der Waals surface area contributed by atoms with Crippen LogP contribution < -0.4 is 11.1 Å². The number of rotatable bonds is 5. The van der Waals surface area contributed by atoms with Gasteiger partial charge in [-0.15, -0.1) is 0 Å². The predicted octanol–water partition coefficient (Wildman–Crippen LogP) is -0.823. The maximum absolute atomic E-state index is 11.3. The highest BCUT2D eigenvalue weighted by Crippen LogP contribution is 2.05. The van der Waals surface area contributed by atoms with Crippen molar-refractivity contribution in [3.8, 4) is 0 Å². The fraction of sp³-hybridized carbons (Fsp3) is 0.500. The number of nitrogens with zero attached hydrogens (tertiary/aromatic N) is 1. The van der Waals surface area contributed by atoms with E-state index in [1.807, 2.05) is 0 Å². The normalized spacial score (nSPS) is 14.1. The highest BCUT2D eigenvalue weighted by atomic mass is 16.4. The lowest BCUT2D eigenvalue weighted by atomic mass is 10.1. The maximum Gasteiger partial charge on any atom is 0.326 e. The van der Waals surface area contributed by atoms with Crippen molar-refractivity contribution in [2.75, 3.05) is 0 Å². The van der Waals surface area contributed by atoms with E-state index < -0.39 is 24.0 Å². The topological polar surface area (TPSA) is 121 Å². The van der Waals surface area contributed by atoms with Gasteiger partial charge in [0.2, 0.25) is 5.91 Å². The number of aliphatic carboxylic acids is 1. The zero-order chi connectivity index (χ0) is 13.0. The Balaban J connectivity index is 2.71. The molecule has 0 unspecified atom stereocenters. The number of imidazole rings is 1. The van der Waals surface area contributed by atoms with Crippen LogP contribution in [0, 0.1) is 6.92 Å². The lowest BCUT2D eigenvalue weighted by Gasteiger charge is -2.15. The number of carboxylic acid groups (broad SMARTS) is 1. The molecule has 17 heavy (non-hydrogen) atoms. The van der Waals surface area contributed by atoms with Crippen LogP contribution in [0.1, 0.15) is 18.3 Å². The first kappa shape index (κ1) is 13.2. The molecule has 0 aliphatic carbocycles. The van der Waals surface area contributed by atoms with E-state index in [4.69, 9.17) is 10.8 Å². The minimum Gasteiger partial charge on any atom is -0.480 e. The lowest BCUT2D eigenvalue weighted by Crippen LogP contribution is -2.48. The number of aromatic amines is 1. The molecule has 94 valence electrons. The Morgan fingerprint density at radius 1 is 1.65 bits per heavy atom. The van der Waals surface area contributed by atoms with Crippen LogP contribution in [0.3, 0.4) is 0 Å². The van der Waals surface area contributed by atoms with Crippen LogP contribution in [-0.4, -0.2) is 39.0 Å². The summed E-state index contributed by atoms with van der Waals surface area (Å²) in [6.07, 6.45) is 1.61. The summed E-state index contributed by atoms with van der Waals surface area (Å²) >= 11 is 0. The number of aromatic nitrogens is 2. The molecule has 5 N–H and O–H groups in total. The molecule has 0 aliphatic rings. The number of carbonyl (C=O) groups excluding carboxylic acids is 1. The summed E-state index contributed by atoms with van der Waals surface area (Å²) in [5.74, 6) is -1.60. The molecule has 0 aromatic carbocycles. The van der Waals surface area contributed by atoms with E-state index in [9.17, 15) is 9.59 Å². The van der Waals surface area contributed by atoms with Crippen molar-refractivity contribution >= 4 is 11.9 Å². The molecule has 0 spiro atoms. The van der Waals surface area contributed by atoms with Crippen molar-refractivity contribution in [1.82, 2.24) is 15.3 Å². The molecule has 1 rings (SSSR count). The van der Waals surface area contributed by atoms with Crippen molar-refractivity contribution in [3.63, 3.8) is 0 Å². The van der Waals surface area contributed by atoms with Gasteiger partial charge in [-0.05, 0) is 13.8 Å². The number of nitrogens with one attached hydrogen (secondary N) is 2. The average molecular weight is 240 g/mol. The fourth-order valence-corrected chi connectivity index (χ4v) is 1.29. The summed E-state index contributed by atoms with van der Waals surface area (Å²) in [7, 11) is 0.